The molecule has 2 N–H and O–H groups in total. The lowest BCUT2D eigenvalue weighted by Crippen LogP contribution is -2.52. The van der Waals surface area contributed by atoms with Crippen LogP contribution in [0.1, 0.15) is 11.1 Å². The standard InChI is InChI=1S/C16H15N3O/c20-16-14(11-12-7-3-1-4-8-12)17-15(18-19-16)13-9-5-2-6-10-13/h1-10,14H,11H2,(H,17,18)(H,19,20). The number of hydrogen-bond acceptors (Lipinski definition) is 3. The van der Waals surface area contributed by atoms with E-state index in [1.807, 2.05) is 60.7 Å². The zero-order chi connectivity index (χ0) is 13.8. The van der Waals surface area contributed by atoms with E-state index in [1.54, 1.807) is 0 Å². The molecule has 0 aliphatic carbocycles. The van der Waals surface area contributed by atoms with Crippen molar-refractivity contribution in [1.82, 2.24) is 10.9 Å². The number of hydrogen-bond donors (Lipinski definition) is 2. The molecule has 20 heavy (non-hydrogen) atoms. The predicted octanol–water partition coefficient (Wildman–Crippen LogP) is 1.68. The monoisotopic (exact) mass is 265 g/mol. The van der Waals surface area contributed by atoms with Gasteiger partial charge in [0.05, 0.1) is 0 Å². The number of rotatable bonds is 3. The van der Waals surface area contributed by atoms with Gasteiger partial charge in [0.15, 0.2) is 0 Å². The molecule has 1 unspecified atom stereocenters. The Bertz CT molecular complexity index is 623. The number of aliphatic imine (C=N–C) groups is 1. The summed E-state index contributed by atoms with van der Waals surface area (Å²) in [6, 6.07) is 19.3. The molecule has 1 aliphatic heterocycles. The highest BCUT2D eigenvalue weighted by Gasteiger charge is 2.23. The molecular weight excluding hydrogens is 250 g/mol. The fraction of sp³-hybridized carbons (Fsp3) is 0.125. The van der Waals surface area contributed by atoms with Gasteiger partial charge in [-0.1, -0.05) is 60.7 Å². The normalized spacial score (nSPS) is 17.9. The van der Waals surface area contributed by atoms with E-state index >= 15 is 0 Å². The second-order valence-electron chi connectivity index (χ2n) is 4.66. The van der Waals surface area contributed by atoms with Crippen LogP contribution in [0.15, 0.2) is 65.7 Å². The number of carbonyl (C=O) groups excluding carboxylic acids is 1. The Morgan fingerprint density at radius 2 is 1.55 bits per heavy atom. The molecule has 0 saturated carbocycles. The Morgan fingerprint density at radius 1 is 0.900 bits per heavy atom. The van der Waals surface area contributed by atoms with Crippen LogP contribution in [0.2, 0.25) is 0 Å². The third kappa shape index (κ3) is 2.69. The molecule has 3 rings (SSSR count). The summed E-state index contributed by atoms with van der Waals surface area (Å²) in [4.78, 5) is 16.4. The third-order valence-electron chi connectivity index (χ3n) is 3.21. The van der Waals surface area contributed by atoms with Crippen LogP contribution in [0.3, 0.4) is 0 Å². The Hall–Kier alpha value is -2.62. The van der Waals surface area contributed by atoms with Gasteiger partial charge in [0.2, 0.25) is 0 Å². The molecule has 4 nitrogen and oxygen atoms in total. The zero-order valence-corrected chi connectivity index (χ0v) is 10.9. The molecule has 2 aromatic rings. The second-order valence-corrected chi connectivity index (χ2v) is 4.66. The number of amidine groups is 1. The van der Waals surface area contributed by atoms with Crippen LogP contribution >= 0.6 is 0 Å². The highest BCUT2D eigenvalue weighted by atomic mass is 16.2. The molecule has 100 valence electrons. The van der Waals surface area contributed by atoms with E-state index in [2.05, 4.69) is 15.8 Å². The van der Waals surface area contributed by atoms with E-state index in [0.29, 0.717) is 12.3 Å². The van der Waals surface area contributed by atoms with Crippen molar-refractivity contribution < 1.29 is 4.79 Å². The van der Waals surface area contributed by atoms with Gasteiger partial charge in [-0.2, -0.15) is 0 Å². The molecule has 0 radical (unpaired) electrons. The van der Waals surface area contributed by atoms with Gasteiger partial charge >= 0.3 is 0 Å². The topological polar surface area (TPSA) is 53.5 Å². The first kappa shape index (κ1) is 12.4. The molecule has 1 atom stereocenters. The molecular formula is C16H15N3O. The summed E-state index contributed by atoms with van der Waals surface area (Å²) in [5, 5.41) is 0. The van der Waals surface area contributed by atoms with Gasteiger partial charge in [-0.15, -0.1) is 0 Å². The Balaban J connectivity index is 1.84. The highest BCUT2D eigenvalue weighted by molar-refractivity contribution is 6.03. The molecule has 1 heterocycles. The first-order chi connectivity index (χ1) is 9.83. The molecule has 0 spiro atoms. The van der Waals surface area contributed by atoms with Crippen LogP contribution in [0.4, 0.5) is 0 Å². The van der Waals surface area contributed by atoms with Crippen molar-refractivity contribution >= 4 is 11.7 Å². The molecule has 0 bridgehead atoms. The van der Waals surface area contributed by atoms with Crippen molar-refractivity contribution in [3.8, 4) is 0 Å². The van der Waals surface area contributed by atoms with Crippen molar-refractivity contribution in [1.29, 1.82) is 0 Å². The predicted molar refractivity (Wildman–Crippen MR) is 78.2 cm³/mol. The van der Waals surface area contributed by atoms with Crippen LogP contribution in [0, 0.1) is 0 Å². The van der Waals surface area contributed by atoms with E-state index in [-0.39, 0.29) is 5.91 Å². The molecule has 1 amide bonds. The van der Waals surface area contributed by atoms with Crippen molar-refractivity contribution in [3.63, 3.8) is 0 Å². The van der Waals surface area contributed by atoms with Crippen molar-refractivity contribution in [3.05, 3.63) is 71.8 Å². The Morgan fingerprint density at radius 3 is 2.25 bits per heavy atom. The summed E-state index contributed by atoms with van der Waals surface area (Å²) in [6.07, 6.45) is 0.602. The molecule has 1 aliphatic rings. The van der Waals surface area contributed by atoms with Gasteiger partial charge < -0.3 is 0 Å². The maximum Gasteiger partial charge on any atom is 0.263 e. The number of benzene rings is 2. The number of carbonyl (C=O) groups is 1. The molecule has 2 aromatic carbocycles. The fourth-order valence-corrected chi connectivity index (χ4v) is 2.17. The molecule has 4 heteroatoms. The summed E-state index contributed by atoms with van der Waals surface area (Å²) in [7, 11) is 0. The maximum absolute atomic E-state index is 11.9. The number of nitrogens with one attached hydrogen (secondary N) is 2. The first-order valence-electron chi connectivity index (χ1n) is 6.56. The minimum absolute atomic E-state index is 0.103. The number of nitrogens with zero attached hydrogens (tertiary/aromatic N) is 1. The third-order valence-corrected chi connectivity index (χ3v) is 3.21. The van der Waals surface area contributed by atoms with Crippen LogP contribution in [-0.4, -0.2) is 17.8 Å². The highest BCUT2D eigenvalue weighted by Crippen LogP contribution is 2.10. The van der Waals surface area contributed by atoms with E-state index < -0.39 is 6.04 Å². The number of amides is 1. The van der Waals surface area contributed by atoms with Gasteiger partial charge in [-0.05, 0) is 5.56 Å². The summed E-state index contributed by atoms with van der Waals surface area (Å²) in [5.74, 6) is 0.597. The second kappa shape index (κ2) is 5.57. The van der Waals surface area contributed by atoms with Crippen molar-refractivity contribution in [2.45, 2.75) is 12.5 Å². The Labute approximate surface area is 117 Å². The summed E-state index contributed by atoms with van der Waals surface area (Å²) in [5.41, 5.74) is 7.60. The summed E-state index contributed by atoms with van der Waals surface area (Å²) >= 11 is 0. The van der Waals surface area contributed by atoms with Crippen molar-refractivity contribution in [2.75, 3.05) is 0 Å². The lowest BCUT2D eigenvalue weighted by atomic mass is 10.1. The summed E-state index contributed by atoms with van der Waals surface area (Å²) in [6.45, 7) is 0. The lowest BCUT2D eigenvalue weighted by molar-refractivity contribution is -0.123. The molecule has 0 fully saturated rings. The van der Waals surface area contributed by atoms with Crippen LogP contribution in [-0.2, 0) is 11.2 Å². The minimum Gasteiger partial charge on any atom is -0.282 e. The summed E-state index contributed by atoms with van der Waals surface area (Å²) < 4.78 is 0. The average molecular weight is 265 g/mol. The molecule has 0 saturated heterocycles. The quantitative estimate of drug-likeness (QED) is 0.887. The molecule has 0 aromatic heterocycles. The van der Waals surface area contributed by atoms with E-state index in [0.717, 1.165) is 11.1 Å². The van der Waals surface area contributed by atoms with E-state index in [4.69, 9.17) is 0 Å². The van der Waals surface area contributed by atoms with Crippen molar-refractivity contribution in [2.24, 2.45) is 4.99 Å². The number of hydrazine groups is 1. The average Bonchev–Trinajstić information content (AvgIpc) is 2.51. The fourth-order valence-electron chi connectivity index (χ4n) is 2.17. The van der Waals surface area contributed by atoms with E-state index in [9.17, 15) is 4.79 Å². The largest absolute Gasteiger partial charge is 0.282 e. The van der Waals surface area contributed by atoms with Crippen LogP contribution in [0.25, 0.3) is 0 Å². The zero-order valence-electron chi connectivity index (χ0n) is 10.9. The lowest BCUT2D eigenvalue weighted by Gasteiger charge is -2.22. The maximum atomic E-state index is 11.9. The SMILES string of the molecule is O=C1NNC(c2ccccc2)=NC1Cc1ccccc1. The van der Waals surface area contributed by atoms with Gasteiger partial charge in [0.1, 0.15) is 11.9 Å². The van der Waals surface area contributed by atoms with Crippen LogP contribution < -0.4 is 10.9 Å². The Kier molecular flexibility index (Phi) is 3.46. The van der Waals surface area contributed by atoms with Gasteiger partial charge in [0, 0.05) is 12.0 Å². The van der Waals surface area contributed by atoms with Gasteiger partial charge in [-0.25, -0.2) is 0 Å². The van der Waals surface area contributed by atoms with Gasteiger partial charge in [-0.3, -0.25) is 20.6 Å². The minimum atomic E-state index is -0.395. The smallest absolute Gasteiger partial charge is 0.263 e. The van der Waals surface area contributed by atoms with E-state index in [1.165, 1.54) is 0 Å². The first-order valence-corrected chi connectivity index (χ1v) is 6.56. The van der Waals surface area contributed by atoms with Crippen LogP contribution in [0.5, 0.6) is 0 Å². The van der Waals surface area contributed by atoms with Gasteiger partial charge in [0.25, 0.3) is 5.91 Å².